The Labute approximate surface area is 172 Å². The van der Waals surface area contributed by atoms with E-state index in [1.54, 1.807) is 6.92 Å². The number of nitrogens with one attached hydrogen (secondary N) is 1. The van der Waals surface area contributed by atoms with E-state index >= 15 is 0 Å². The predicted molar refractivity (Wildman–Crippen MR) is 104 cm³/mol. The van der Waals surface area contributed by atoms with Crippen LogP contribution >= 0.6 is 0 Å². The zero-order chi connectivity index (χ0) is 22.4. The van der Waals surface area contributed by atoms with Crippen molar-refractivity contribution in [2.45, 2.75) is 25.8 Å². The molecule has 30 heavy (non-hydrogen) atoms. The quantitative estimate of drug-likeness (QED) is 0.592. The number of hydrogen-bond donors (Lipinski definition) is 2. The number of carbonyl (C=O) groups is 2. The second-order valence-corrected chi connectivity index (χ2v) is 6.36. The summed E-state index contributed by atoms with van der Waals surface area (Å²) in [5.41, 5.74) is -1.01. The van der Waals surface area contributed by atoms with E-state index in [1.165, 1.54) is 38.5 Å². The van der Waals surface area contributed by atoms with Gasteiger partial charge in [0, 0.05) is 20.4 Å². The Kier molecular flexibility index (Phi) is 7.67. The van der Waals surface area contributed by atoms with Crippen LogP contribution in [0, 0.1) is 5.82 Å². The lowest BCUT2D eigenvalue weighted by atomic mass is 10.1. The lowest BCUT2D eigenvalue weighted by Gasteiger charge is -2.20. The monoisotopic (exact) mass is 422 g/mol. The number of pyridine rings is 1. The Morgan fingerprint density at radius 3 is 2.27 bits per heavy atom. The lowest BCUT2D eigenvalue weighted by molar-refractivity contribution is -0.111. The summed E-state index contributed by atoms with van der Waals surface area (Å²) < 4.78 is 29.4. The van der Waals surface area contributed by atoms with Crippen molar-refractivity contribution < 1.29 is 33.3 Å². The molecular formula is C20H23FN2O7. The number of carboxylic acid groups (broad SMARTS) is 1. The van der Waals surface area contributed by atoms with Crippen LogP contribution in [0.2, 0.25) is 0 Å². The van der Waals surface area contributed by atoms with E-state index in [1.807, 2.05) is 0 Å². The van der Waals surface area contributed by atoms with Gasteiger partial charge in [-0.25, -0.2) is 9.18 Å². The highest BCUT2D eigenvalue weighted by molar-refractivity contribution is 5.96. The Morgan fingerprint density at radius 1 is 1.17 bits per heavy atom. The van der Waals surface area contributed by atoms with Crippen LogP contribution in [0.5, 0.6) is 5.75 Å². The number of methoxy groups -OCH3 is 3. The molecule has 1 aromatic heterocycles. The van der Waals surface area contributed by atoms with Crippen LogP contribution in [-0.4, -0.2) is 49.2 Å². The minimum atomic E-state index is -1.42. The number of aromatic nitrogens is 1. The molecule has 0 fully saturated rings. The normalized spacial score (nSPS) is 11.9. The molecular weight excluding hydrogens is 399 g/mol. The number of amides is 1. The molecule has 1 heterocycles. The van der Waals surface area contributed by atoms with Crippen LogP contribution in [0.4, 0.5) is 4.39 Å². The second-order valence-electron chi connectivity index (χ2n) is 6.36. The first-order valence-electron chi connectivity index (χ1n) is 8.90. The second kappa shape index (κ2) is 9.99. The first kappa shape index (κ1) is 23.0. The third-order valence-electron chi connectivity index (χ3n) is 4.48. The van der Waals surface area contributed by atoms with Crippen molar-refractivity contribution in [1.82, 2.24) is 9.88 Å². The van der Waals surface area contributed by atoms with Gasteiger partial charge in [-0.3, -0.25) is 9.59 Å². The van der Waals surface area contributed by atoms with E-state index < -0.39 is 46.9 Å². The molecule has 0 bridgehead atoms. The largest absolute Gasteiger partial charge is 0.491 e. The molecule has 0 saturated heterocycles. The van der Waals surface area contributed by atoms with Crippen molar-refractivity contribution in [1.29, 1.82) is 0 Å². The van der Waals surface area contributed by atoms with Gasteiger partial charge in [0.05, 0.1) is 19.7 Å². The van der Waals surface area contributed by atoms with E-state index in [9.17, 15) is 23.9 Å². The maximum Gasteiger partial charge on any atom is 0.356 e. The Balaban J connectivity index is 2.47. The van der Waals surface area contributed by atoms with Gasteiger partial charge in [0.25, 0.3) is 5.91 Å². The maximum absolute atomic E-state index is 13.1. The molecule has 0 spiro atoms. The number of carbonyl (C=O) groups excluding carboxylic acids is 1. The van der Waals surface area contributed by atoms with Crippen molar-refractivity contribution >= 4 is 11.9 Å². The van der Waals surface area contributed by atoms with Crippen molar-refractivity contribution in [3.8, 4) is 5.75 Å². The summed E-state index contributed by atoms with van der Waals surface area (Å²) in [5, 5.41) is 12.2. The molecule has 10 heteroatoms. The van der Waals surface area contributed by atoms with Crippen LogP contribution < -0.4 is 15.5 Å². The van der Waals surface area contributed by atoms with E-state index in [0.717, 1.165) is 17.9 Å². The minimum Gasteiger partial charge on any atom is -0.491 e. The van der Waals surface area contributed by atoms with Crippen LogP contribution in [0.3, 0.4) is 0 Å². The maximum atomic E-state index is 13.1. The first-order chi connectivity index (χ1) is 14.2. The smallest absolute Gasteiger partial charge is 0.356 e. The van der Waals surface area contributed by atoms with Gasteiger partial charge in [-0.1, -0.05) is 12.1 Å². The molecule has 0 radical (unpaired) electrons. The highest BCUT2D eigenvalue weighted by atomic mass is 19.1. The molecule has 1 atom stereocenters. The number of nitrogens with zero attached hydrogens (tertiary/aromatic N) is 1. The van der Waals surface area contributed by atoms with Crippen LogP contribution in [0.25, 0.3) is 0 Å². The zero-order valence-corrected chi connectivity index (χ0v) is 17.0. The first-order valence-corrected chi connectivity index (χ1v) is 8.90. The average molecular weight is 422 g/mol. The molecule has 1 aromatic carbocycles. The van der Waals surface area contributed by atoms with Gasteiger partial charge in [0.2, 0.25) is 5.43 Å². The van der Waals surface area contributed by atoms with Crippen LogP contribution in [0.1, 0.15) is 39.4 Å². The van der Waals surface area contributed by atoms with Gasteiger partial charge in [0.1, 0.15) is 11.4 Å². The average Bonchev–Trinajstić information content (AvgIpc) is 2.72. The van der Waals surface area contributed by atoms with Crippen molar-refractivity contribution in [2.75, 3.05) is 21.3 Å². The Hall–Kier alpha value is -3.24. The fourth-order valence-corrected chi connectivity index (χ4v) is 2.87. The summed E-state index contributed by atoms with van der Waals surface area (Å²) in [6.07, 6.45) is 0.288. The Bertz CT molecular complexity index is 968. The molecule has 1 unspecified atom stereocenters. The number of carboxylic acids is 1. The van der Waals surface area contributed by atoms with E-state index in [4.69, 9.17) is 14.2 Å². The lowest BCUT2D eigenvalue weighted by Crippen LogP contribution is -2.34. The summed E-state index contributed by atoms with van der Waals surface area (Å²) >= 11 is 0. The molecule has 162 valence electrons. The molecule has 0 aliphatic rings. The fraction of sp³-hybridized carbons (Fsp3) is 0.350. The third kappa shape index (κ3) is 5.02. The SMILES string of the molecule is COc1c(C(=O)O)n(CC(OC)OC)cc(C(=O)NC(C)c2ccc(F)cc2)c1=O. The number of benzene rings is 1. The van der Waals surface area contributed by atoms with Crippen LogP contribution in [-0.2, 0) is 16.0 Å². The van der Waals surface area contributed by atoms with Crippen molar-refractivity contribution in [3.63, 3.8) is 0 Å². The van der Waals surface area contributed by atoms with E-state index in [0.29, 0.717) is 5.56 Å². The standard InChI is InChI=1S/C20H23FN2O7/c1-11(12-5-7-13(21)8-6-12)22-19(25)14-9-23(10-15(28-2)29-3)16(20(26)27)18(30-4)17(14)24/h5-9,11,15H,10H2,1-4H3,(H,22,25)(H,26,27). The number of halogens is 1. The van der Waals surface area contributed by atoms with Gasteiger partial charge in [-0.05, 0) is 24.6 Å². The molecule has 0 aliphatic heterocycles. The summed E-state index contributed by atoms with van der Waals surface area (Å²) in [5.74, 6) is -3.07. The summed E-state index contributed by atoms with van der Waals surface area (Å²) in [6.45, 7) is 1.55. The van der Waals surface area contributed by atoms with Gasteiger partial charge in [0.15, 0.2) is 17.7 Å². The minimum absolute atomic E-state index is 0.112. The summed E-state index contributed by atoms with van der Waals surface area (Å²) in [7, 11) is 3.87. The fourth-order valence-electron chi connectivity index (χ4n) is 2.87. The van der Waals surface area contributed by atoms with E-state index in [2.05, 4.69) is 5.32 Å². The highest BCUT2D eigenvalue weighted by Gasteiger charge is 2.26. The highest BCUT2D eigenvalue weighted by Crippen LogP contribution is 2.18. The van der Waals surface area contributed by atoms with Gasteiger partial charge < -0.3 is 29.2 Å². The molecule has 2 aromatic rings. The van der Waals surface area contributed by atoms with Gasteiger partial charge in [-0.15, -0.1) is 0 Å². The zero-order valence-electron chi connectivity index (χ0n) is 17.0. The predicted octanol–water partition coefficient (Wildman–Crippen LogP) is 1.80. The number of aromatic carboxylic acids is 1. The molecule has 2 rings (SSSR count). The Morgan fingerprint density at radius 2 is 1.77 bits per heavy atom. The molecule has 2 N–H and O–H groups in total. The topological polar surface area (TPSA) is 116 Å². The van der Waals surface area contributed by atoms with Crippen LogP contribution in [0.15, 0.2) is 35.3 Å². The summed E-state index contributed by atoms with van der Waals surface area (Å²) in [6, 6.07) is 4.99. The van der Waals surface area contributed by atoms with E-state index in [-0.39, 0.29) is 12.1 Å². The number of hydrogen-bond acceptors (Lipinski definition) is 6. The number of ether oxygens (including phenoxy) is 3. The molecule has 0 saturated carbocycles. The molecule has 1 amide bonds. The third-order valence-corrected chi connectivity index (χ3v) is 4.48. The van der Waals surface area contributed by atoms with Crippen molar-refractivity contribution in [2.24, 2.45) is 0 Å². The van der Waals surface area contributed by atoms with Crippen molar-refractivity contribution in [3.05, 3.63) is 63.3 Å². The summed E-state index contributed by atoms with van der Waals surface area (Å²) in [4.78, 5) is 37.2. The number of rotatable bonds is 9. The van der Waals surface area contributed by atoms with Gasteiger partial charge >= 0.3 is 5.97 Å². The van der Waals surface area contributed by atoms with Gasteiger partial charge in [-0.2, -0.15) is 0 Å². The molecule has 9 nitrogen and oxygen atoms in total. The molecule has 0 aliphatic carbocycles.